The van der Waals surface area contributed by atoms with Crippen molar-refractivity contribution in [2.45, 2.75) is 18.9 Å². The Hall–Kier alpha value is -1.87. The molecule has 3 nitrogen and oxygen atoms in total. The lowest BCUT2D eigenvalue weighted by Gasteiger charge is -2.30. The van der Waals surface area contributed by atoms with Crippen LogP contribution in [0.15, 0.2) is 42.5 Å². The van der Waals surface area contributed by atoms with Gasteiger partial charge in [-0.15, -0.1) is 0 Å². The fourth-order valence-electron chi connectivity index (χ4n) is 2.70. The van der Waals surface area contributed by atoms with Gasteiger partial charge in [0.25, 0.3) is 5.91 Å². The van der Waals surface area contributed by atoms with E-state index in [9.17, 15) is 4.79 Å². The molecule has 2 aromatic rings. The minimum absolute atomic E-state index is 0.0981. The Morgan fingerprint density at radius 2 is 1.95 bits per heavy atom. The number of hydrogen-bond acceptors (Lipinski definition) is 2. The maximum Gasteiger partial charge on any atom is 0.253 e. The normalized spacial score (nSPS) is 19.6. The van der Waals surface area contributed by atoms with E-state index in [2.05, 4.69) is 6.07 Å². The van der Waals surface area contributed by atoms with Gasteiger partial charge in [-0.2, -0.15) is 0 Å². The third kappa shape index (κ3) is 2.47. The van der Waals surface area contributed by atoms with Crippen molar-refractivity contribution < 1.29 is 4.79 Å². The number of carbonyl (C=O) groups excluding carboxylic acids is 1. The van der Waals surface area contributed by atoms with Crippen molar-refractivity contribution in [2.24, 2.45) is 5.73 Å². The van der Waals surface area contributed by atoms with Gasteiger partial charge in [-0.25, -0.2) is 0 Å². The molecule has 1 unspecified atom stereocenters. The highest BCUT2D eigenvalue weighted by Gasteiger charge is 2.22. The summed E-state index contributed by atoms with van der Waals surface area (Å²) in [6.45, 7) is 1.49. The molecule has 3 heteroatoms. The highest BCUT2D eigenvalue weighted by molar-refractivity contribution is 5.98. The SMILES string of the molecule is NC1CCCN(C(=O)c2ccc3ccccc3c2)C1. The van der Waals surface area contributed by atoms with Crippen molar-refractivity contribution in [1.82, 2.24) is 4.90 Å². The topological polar surface area (TPSA) is 46.3 Å². The molecule has 1 amide bonds. The molecule has 1 saturated heterocycles. The Labute approximate surface area is 113 Å². The van der Waals surface area contributed by atoms with Crippen LogP contribution in [0, 0.1) is 0 Å². The number of benzene rings is 2. The molecule has 1 heterocycles. The van der Waals surface area contributed by atoms with Crippen LogP contribution in [0.4, 0.5) is 0 Å². The first-order chi connectivity index (χ1) is 9.24. The predicted molar refractivity (Wildman–Crippen MR) is 77.1 cm³/mol. The number of likely N-dealkylation sites (tertiary alicyclic amines) is 1. The van der Waals surface area contributed by atoms with Crippen LogP contribution in [-0.4, -0.2) is 29.9 Å². The molecule has 98 valence electrons. The Kier molecular flexibility index (Phi) is 3.22. The zero-order valence-electron chi connectivity index (χ0n) is 10.9. The molecule has 19 heavy (non-hydrogen) atoms. The van der Waals surface area contributed by atoms with Gasteiger partial charge >= 0.3 is 0 Å². The lowest BCUT2D eigenvalue weighted by atomic mass is 10.0. The Morgan fingerprint density at radius 3 is 2.74 bits per heavy atom. The van der Waals surface area contributed by atoms with Crippen molar-refractivity contribution in [3.8, 4) is 0 Å². The molecule has 0 bridgehead atoms. The second-order valence-electron chi connectivity index (χ2n) is 5.22. The summed E-state index contributed by atoms with van der Waals surface area (Å²) < 4.78 is 0. The maximum atomic E-state index is 12.5. The van der Waals surface area contributed by atoms with Gasteiger partial charge in [0.15, 0.2) is 0 Å². The minimum atomic E-state index is 0.0981. The molecule has 1 fully saturated rings. The molecule has 0 radical (unpaired) electrons. The van der Waals surface area contributed by atoms with Crippen molar-refractivity contribution in [1.29, 1.82) is 0 Å². The van der Waals surface area contributed by atoms with Crippen molar-refractivity contribution >= 4 is 16.7 Å². The second-order valence-corrected chi connectivity index (χ2v) is 5.22. The molecule has 0 saturated carbocycles. The quantitative estimate of drug-likeness (QED) is 0.849. The summed E-state index contributed by atoms with van der Waals surface area (Å²) in [5, 5.41) is 2.27. The van der Waals surface area contributed by atoms with Crippen LogP contribution in [-0.2, 0) is 0 Å². The number of nitrogens with two attached hydrogens (primary N) is 1. The van der Waals surface area contributed by atoms with Gasteiger partial charge in [-0.05, 0) is 35.7 Å². The van der Waals surface area contributed by atoms with Gasteiger partial charge in [0.05, 0.1) is 0 Å². The third-order valence-corrected chi connectivity index (χ3v) is 3.74. The molecule has 0 spiro atoms. The first-order valence-corrected chi connectivity index (χ1v) is 6.78. The summed E-state index contributed by atoms with van der Waals surface area (Å²) in [6.07, 6.45) is 2.02. The van der Waals surface area contributed by atoms with Crippen LogP contribution >= 0.6 is 0 Å². The summed E-state index contributed by atoms with van der Waals surface area (Å²) in [6, 6.07) is 14.1. The number of nitrogens with zero attached hydrogens (tertiary/aromatic N) is 1. The first kappa shape index (κ1) is 12.2. The van der Waals surface area contributed by atoms with Gasteiger partial charge in [0, 0.05) is 24.7 Å². The van der Waals surface area contributed by atoms with Gasteiger partial charge in [0.2, 0.25) is 0 Å². The minimum Gasteiger partial charge on any atom is -0.337 e. The van der Waals surface area contributed by atoms with Crippen LogP contribution in [0.2, 0.25) is 0 Å². The molecular weight excluding hydrogens is 236 g/mol. The van der Waals surface area contributed by atoms with E-state index in [-0.39, 0.29) is 11.9 Å². The summed E-state index contributed by atoms with van der Waals surface area (Å²) in [5.41, 5.74) is 6.69. The molecule has 0 aliphatic carbocycles. The summed E-state index contributed by atoms with van der Waals surface area (Å²) in [7, 11) is 0. The highest BCUT2D eigenvalue weighted by atomic mass is 16.2. The standard InChI is InChI=1S/C16H18N2O/c17-15-6-3-9-18(11-15)16(19)14-8-7-12-4-1-2-5-13(12)10-14/h1-2,4-5,7-8,10,15H,3,6,9,11,17H2. The monoisotopic (exact) mass is 254 g/mol. The molecule has 1 atom stereocenters. The lowest BCUT2D eigenvalue weighted by Crippen LogP contribution is -2.45. The van der Waals surface area contributed by atoms with Crippen LogP contribution in [0.1, 0.15) is 23.2 Å². The Balaban J connectivity index is 1.88. The molecule has 1 aliphatic heterocycles. The summed E-state index contributed by atoms with van der Waals surface area (Å²) in [4.78, 5) is 14.3. The fourth-order valence-corrected chi connectivity index (χ4v) is 2.70. The van der Waals surface area contributed by atoms with Crippen molar-refractivity contribution in [3.05, 3.63) is 48.0 Å². The van der Waals surface area contributed by atoms with E-state index in [1.54, 1.807) is 0 Å². The zero-order chi connectivity index (χ0) is 13.2. The van der Waals surface area contributed by atoms with Crippen molar-refractivity contribution in [3.63, 3.8) is 0 Å². The molecule has 0 aromatic heterocycles. The van der Waals surface area contributed by atoms with Crippen molar-refractivity contribution in [2.75, 3.05) is 13.1 Å². The lowest BCUT2D eigenvalue weighted by molar-refractivity contribution is 0.0709. The van der Waals surface area contributed by atoms with E-state index in [1.807, 2.05) is 41.3 Å². The van der Waals surface area contributed by atoms with Gasteiger partial charge < -0.3 is 10.6 Å². The number of hydrogen-bond donors (Lipinski definition) is 1. The third-order valence-electron chi connectivity index (χ3n) is 3.74. The van der Waals surface area contributed by atoms with Gasteiger partial charge in [-0.3, -0.25) is 4.79 Å². The number of fused-ring (bicyclic) bond motifs is 1. The van der Waals surface area contributed by atoms with Crippen LogP contribution < -0.4 is 5.73 Å². The fraction of sp³-hybridized carbons (Fsp3) is 0.312. The highest BCUT2D eigenvalue weighted by Crippen LogP contribution is 2.18. The zero-order valence-corrected chi connectivity index (χ0v) is 10.9. The average Bonchev–Trinajstić information content (AvgIpc) is 2.46. The van der Waals surface area contributed by atoms with Gasteiger partial charge in [0.1, 0.15) is 0 Å². The van der Waals surface area contributed by atoms with E-state index in [0.717, 1.165) is 35.7 Å². The molecular formula is C16H18N2O. The summed E-state index contributed by atoms with van der Waals surface area (Å²) >= 11 is 0. The van der Waals surface area contributed by atoms with Crippen LogP contribution in [0.25, 0.3) is 10.8 Å². The van der Waals surface area contributed by atoms with E-state index in [1.165, 1.54) is 0 Å². The van der Waals surface area contributed by atoms with E-state index >= 15 is 0 Å². The Morgan fingerprint density at radius 1 is 1.16 bits per heavy atom. The number of amides is 1. The van der Waals surface area contributed by atoms with E-state index in [0.29, 0.717) is 6.54 Å². The first-order valence-electron chi connectivity index (χ1n) is 6.78. The molecule has 3 rings (SSSR count). The molecule has 2 N–H and O–H groups in total. The average molecular weight is 254 g/mol. The van der Waals surface area contributed by atoms with Crippen LogP contribution in [0.3, 0.4) is 0 Å². The predicted octanol–water partition coefficient (Wildman–Crippen LogP) is 2.40. The number of piperidine rings is 1. The molecule has 2 aromatic carbocycles. The van der Waals surface area contributed by atoms with E-state index < -0.39 is 0 Å². The molecule has 1 aliphatic rings. The Bertz CT molecular complexity index is 608. The summed E-state index contributed by atoms with van der Waals surface area (Å²) in [5.74, 6) is 0.0981. The number of carbonyl (C=O) groups is 1. The van der Waals surface area contributed by atoms with Crippen LogP contribution in [0.5, 0.6) is 0 Å². The number of rotatable bonds is 1. The van der Waals surface area contributed by atoms with E-state index in [4.69, 9.17) is 5.73 Å². The smallest absolute Gasteiger partial charge is 0.253 e. The van der Waals surface area contributed by atoms with Gasteiger partial charge in [-0.1, -0.05) is 30.3 Å². The maximum absolute atomic E-state index is 12.5. The largest absolute Gasteiger partial charge is 0.337 e. The second kappa shape index (κ2) is 5.02.